The average molecular weight is 135 g/mol. The van der Waals surface area contributed by atoms with Crippen molar-refractivity contribution in [2.75, 3.05) is 0 Å². The zero-order valence-corrected chi connectivity index (χ0v) is 6.54. The van der Waals surface area contributed by atoms with Gasteiger partial charge in [-0.15, -0.1) is 0 Å². The number of rotatable bonds is 2. The monoisotopic (exact) mass is 135 g/mol. The van der Waals surface area contributed by atoms with Crippen LogP contribution in [0.25, 0.3) is 0 Å². The van der Waals surface area contributed by atoms with Crippen molar-refractivity contribution >= 4 is 0 Å². The highest BCUT2D eigenvalue weighted by Gasteiger charge is 2.00. The van der Waals surface area contributed by atoms with Crippen molar-refractivity contribution in [1.82, 2.24) is 0 Å². The zero-order chi connectivity index (χ0) is 7.40. The maximum atomic E-state index is 2.16. The molecule has 1 nitrogen and oxygen atoms in total. The van der Waals surface area contributed by atoms with E-state index in [1.54, 1.807) is 0 Å². The predicted molar refractivity (Wildman–Crippen MR) is 41.2 cm³/mol. The molecule has 0 N–H and O–H groups in total. The summed E-state index contributed by atoms with van der Waals surface area (Å²) in [6, 6.07) is 6.12. The van der Waals surface area contributed by atoms with E-state index in [4.69, 9.17) is 0 Å². The van der Waals surface area contributed by atoms with Gasteiger partial charge in [-0.05, 0) is 0 Å². The smallest absolute Gasteiger partial charge is 0.168 e. The number of hydrogen-bond acceptors (Lipinski definition) is 0. The largest absolute Gasteiger partial charge is 0.205 e. The van der Waals surface area contributed by atoms with Crippen LogP contribution >= 0.6 is 0 Å². The summed E-state index contributed by atoms with van der Waals surface area (Å²) in [5.41, 5.74) is 0. The minimum atomic E-state index is 1.03. The van der Waals surface area contributed by atoms with E-state index in [0.29, 0.717) is 0 Å². The molecule has 0 amide bonds. The van der Waals surface area contributed by atoms with Crippen molar-refractivity contribution in [3.8, 4) is 0 Å². The summed E-state index contributed by atoms with van der Waals surface area (Å²) in [6.07, 6.45) is 4.15. The molecule has 1 radical (unpaired) electrons. The topological polar surface area (TPSA) is 3.88 Å². The van der Waals surface area contributed by atoms with Gasteiger partial charge in [-0.25, -0.2) is 4.57 Å². The lowest BCUT2D eigenvalue weighted by Gasteiger charge is -1.96. The highest BCUT2D eigenvalue weighted by molar-refractivity contribution is 4.84. The van der Waals surface area contributed by atoms with Gasteiger partial charge in [-0.1, -0.05) is 19.9 Å². The Balaban J connectivity index is 2.59. The Kier molecular flexibility index (Phi) is 2.43. The number of hydrogen-bond donors (Lipinski definition) is 0. The molecular formula is C9H13N+. The summed E-state index contributed by atoms with van der Waals surface area (Å²) in [4.78, 5) is 0. The molecule has 0 saturated carbocycles. The Morgan fingerprint density at radius 3 is 2.20 bits per heavy atom. The van der Waals surface area contributed by atoms with E-state index < -0.39 is 0 Å². The van der Waals surface area contributed by atoms with Gasteiger partial charge >= 0.3 is 0 Å². The van der Waals surface area contributed by atoms with Gasteiger partial charge < -0.3 is 0 Å². The van der Waals surface area contributed by atoms with Gasteiger partial charge in [0.2, 0.25) is 0 Å². The fraction of sp³-hybridized carbons (Fsp3) is 0.333. The highest BCUT2D eigenvalue weighted by Crippen LogP contribution is 1.92. The minimum absolute atomic E-state index is 1.03. The summed E-state index contributed by atoms with van der Waals surface area (Å²) in [6.45, 7) is 5.31. The third kappa shape index (κ3) is 2.18. The van der Waals surface area contributed by atoms with E-state index in [-0.39, 0.29) is 0 Å². The Bertz CT molecular complexity index is 179. The molecule has 0 unspecified atom stereocenters. The molecule has 53 valence electrons. The number of nitrogens with zero attached hydrogens (tertiary/aromatic N) is 1. The van der Waals surface area contributed by atoms with Gasteiger partial charge in [0, 0.05) is 18.1 Å². The van der Waals surface area contributed by atoms with Crippen molar-refractivity contribution in [3.63, 3.8) is 0 Å². The summed E-state index contributed by atoms with van der Waals surface area (Å²) < 4.78 is 2.16. The van der Waals surface area contributed by atoms with Crippen molar-refractivity contribution in [2.24, 2.45) is 0 Å². The summed E-state index contributed by atoms with van der Waals surface area (Å²) in [7, 11) is 0. The second kappa shape index (κ2) is 3.35. The van der Waals surface area contributed by atoms with E-state index in [1.807, 2.05) is 18.2 Å². The molecule has 0 saturated heterocycles. The molecule has 0 aliphatic heterocycles. The summed E-state index contributed by atoms with van der Waals surface area (Å²) in [5.74, 6) is 1.43. The molecule has 0 bridgehead atoms. The van der Waals surface area contributed by atoms with E-state index in [1.165, 1.54) is 5.92 Å². The minimum Gasteiger partial charge on any atom is -0.205 e. The number of pyridine rings is 1. The van der Waals surface area contributed by atoms with Gasteiger partial charge in [-0.2, -0.15) is 0 Å². The fourth-order valence-electron chi connectivity index (χ4n) is 0.905. The van der Waals surface area contributed by atoms with Crippen LogP contribution in [0.5, 0.6) is 0 Å². The lowest BCUT2D eigenvalue weighted by atomic mass is 10.2. The van der Waals surface area contributed by atoms with Gasteiger partial charge in [0.25, 0.3) is 0 Å². The second-order valence-electron chi connectivity index (χ2n) is 2.75. The van der Waals surface area contributed by atoms with Crippen molar-refractivity contribution in [2.45, 2.75) is 20.4 Å². The number of aromatic nitrogens is 1. The lowest BCUT2D eigenvalue weighted by molar-refractivity contribution is -0.692. The Morgan fingerprint density at radius 2 is 1.70 bits per heavy atom. The molecule has 0 aliphatic carbocycles. The molecule has 1 heteroatoms. The van der Waals surface area contributed by atoms with Crippen LogP contribution < -0.4 is 4.57 Å². The highest BCUT2D eigenvalue weighted by atomic mass is 14.9. The van der Waals surface area contributed by atoms with Gasteiger partial charge in [0.05, 0.1) is 0 Å². The van der Waals surface area contributed by atoms with Gasteiger partial charge in [-0.3, -0.25) is 0 Å². The van der Waals surface area contributed by atoms with Crippen LogP contribution in [0.3, 0.4) is 0 Å². The molecule has 0 atom stereocenters. The van der Waals surface area contributed by atoms with Crippen molar-refractivity contribution in [1.29, 1.82) is 0 Å². The Morgan fingerprint density at radius 1 is 1.10 bits per heavy atom. The van der Waals surface area contributed by atoms with Gasteiger partial charge in [0.1, 0.15) is 0 Å². The molecule has 1 heterocycles. The molecule has 1 aromatic heterocycles. The summed E-state index contributed by atoms with van der Waals surface area (Å²) >= 11 is 0. The third-order valence-electron chi connectivity index (χ3n) is 1.28. The molecular weight excluding hydrogens is 122 g/mol. The van der Waals surface area contributed by atoms with Crippen molar-refractivity contribution < 1.29 is 4.57 Å². The average Bonchev–Trinajstić information content (AvgIpc) is 1.88. The summed E-state index contributed by atoms with van der Waals surface area (Å²) in [5, 5.41) is 0. The molecule has 0 aromatic carbocycles. The second-order valence-corrected chi connectivity index (χ2v) is 2.75. The predicted octanol–water partition coefficient (Wildman–Crippen LogP) is 1.59. The van der Waals surface area contributed by atoms with Crippen LogP contribution in [0, 0.1) is 5.92 Å². The first kappa shape index (κ1) is 7.26. The SMILES string of the molecule is C[C](C)C[n+]1ccccc1. The van der Waals surface area contributed by atoms with Gasteiger partial charge in [0.15, 0.2) is 18.9 Å². The van der Waals surface area contributed by atoms with E-state index in [2.05, 4.69) is 30.8 Å². The first-order valence-corrected chi connectivity index (χ1v) is 3.52. The molecule has 0 spiro atoms. The molecule has 0 fully saturated rings. The fourth-order valence-corrected chi connectivity index (χ4v) is 0.905. The quantitative estimate of drug-likeness (QED) is 0.542. The van der Waals surface area contributed by atoms with Crippen LogP contribution in [0.2, 0.25) is 0 Å². The molecule has 0 aliphatic rings. The maximum absolute atomic E-state index is 2.16. The van der Waals surface area contributed by atoms with E-state index >= 15 is 0 Å². The van der Waals surface area contributed by atoms with Crippen LogP contribution in [0.4, 0.5) is 0 Å². The standard InChI is InChI=1S/C9H13N/c1-9(2)8-10-6-4-3-5-7-10/h3-7H,8H2,1-2H3/q+1. The van der Waals surface area contributed by atoms with Crippen LogP contribution in [-0.4, -0.2) is 0 Å². The molecule has 10 heavy (non-hydrogen) atoms. The third-order valence-corrected chi connectivity index (χ3v) is 1.28. The Labute approximate surface area is 62.3 Å². The Hall–Kier alpha value is -0.850. The van der Waals surface area contributed by atoms with Crippen molar-refractivity contribution in [3.05, 3.63) is 36.5 Å². The normalized spacial score (nSPS) is 10.3. The maximum Gasteiger partial charge on any atom is 0.168 e. The van der Waals surface area contributed by atoms with Crippen LogP contribution in [0.1, 0.15) is 13.8 Å². The first-order valence-electron chi connectivity index (χ1n) is 3.52. The van der Waals surface area contributed by atoms with E-state index in [0.717, 1.165) is 6.54 Å². The first-order chi connectivity index (χ1) is 4.79. The van der Waals surface area contributed by atoms with Crippen LogP contribution in [0.15, 0.2) is 30.6 Å². The lowest BCUT2D eigenvalue weighted by Crippen LogP contribution is -2.34. The zero-order valence-electron chi connectivity index (χ0n) is 6.54. The molecule has 1 aromatic rings. The van der Waals surface area contributed by atoms with Crippen LogP contribution in [-0.2, 0) is 6.54 Å². The molecule has 1 rings (SSSR count). The van der Waals surface area contributed by atoms with E-state index in [9.17, 15) is 0 Å².